The van der Waals surface area contributed by atoms with Gasteiger partial charge < -0.3 is 25.6 Å². The number of aromatic nitrogens is 1. The van der Waals surface area contributed by atoms with E-state index in [2.05, 4.69) is 20.5 Å². The Kier molecular flexibility index (Phi) is 5.12. The molecule has 0 atom stereocenters. The van der Waals surface area contributed by atoms with Gasteiger partial charge in [-0.05, 0) is 53.6 Å². The Balaban J connectivity index is 1.42. The van der Waals surface area contributed by atoms with Crippen LogP contribution in [0.15, 0.2) is 71.3 Å². The summed E-state index contributed by atoms with van der Waals surface area (Å²) in [5.74, 6) is -0.0867. The minimum atomic E-state index is -4.77. The smallest absolute Gasteiger partial charge is 0.406 e. The molecule has 0 saturated heterocycles. The molecule has 0 aliphatic rings. The van der Waals surface area contributed by atoms with Gasteiger partial charge in [-0.25, -0.2) is 4.79 Å². The van der Waals surface area contributed by atoms with Crippen molar-refractivity contribution in [3.8, 4) is 16.9 Å². The molecule has 0 saturated carbocycles. The molecule has 10 heteroatoms. The molecule has 0 bridgehead atoms. The van der Waals surface area contributed by atoms with Crippen LogP contribution in [0.4, 0.5) is 35.2 Å². The molecule has 2 amide bonds. The molecular formula is C21H15F3N4O3. The lowest BCUT2D eigenvalue weighted by molar-refractivity contribution is -0.274. The third-order valence-electron chi connectivity index (χ3n) is 4.32. The highest BCUT2D eigenvalue weighted by Gasteiger charge is 2.30. The van der Waals surface area contributed by atoms with Crippen molar-refractivity contribution < 1.29 is 27.2 Å². The summed E-state index contributed by atoms with van der Waals surface area (Å²) in [4.78, 5) is 12.2. The monoisotopic (exact) mass is 428 g/mol. The van der Waals surface area contributed by atoms with Crippen molar-refractivity contribution in [1.29, 1.82) is 0 Å². The molecule has 0 fully saturated rings. The van der Waals surface area contributed by atoms with E-state index in [0.29, 0.717) is 28.2 Å². The van der Waals surface area contributed by atoms with E-state index in [1.54, 1.807) is 30.3 Å². The van der Waals surface area contributed by atoms with Crippen LogP contribution in [0.1, 0.15) is 0 Å². The number of carbonyl (C=O) groups is 1. The van der Waals surface area contributed by atoms with Crippen LogP contribution in [0.5, 0.6) is 5.75 Å². The number of fused-ring (bicyclic) bond motifs is 1. The minimum absolute atomic E-state index is 0.291. The molecule has 3 aromatic carbocycles. The summed E-state index contributed by atoms with van der Waals surface area (Å²) in [5, 5.41) is 9.66. The van der Waals surface area contributed by atoms with E-state index in [1.807, 2.05) is 12.1 Å². The quantitative estimate of drug-likeness (QED) is 0.392. The highest BCUT2D eigenvalue weighted by molar-refractivity contribution is 6.02. The highest BCUT2D eigenvalue weighted by atomic mass is 19.4. The Labute approximate surface area is 173 Å². The number of hydrogen-bond donors (Lipinski definition) is 3. The van der Waals surface area contributed by atoms with Crippen LogP contribution in [0, 0.1) is 0 Å². The molecule has 4 aromatic rings. The fraction of sp³-hybridized carbons (Fsp3) is 0.0476. The number of carbonyl (C=O) groups excluding carboxylic acids is 1. The van der Waals surface area contributed by atoms with Gasteiger partial charge in [-0.1, -0.05) is 29.4 Å². The number of ether oxygens (including phenoxy) is 1. The number of amides is 2. The number of alkyl halides is 3. The molecule has 0 spiro atoms. The number of nitrogens with two attached hydrogens (primary N) is 1. The second kappa shape index (κ2) is 7.90. The number of benzene rings is 3. The van der Waals surface area contributed by atoms with Crippen LogP contribution in [0.25, 0.3) is 22.1 Å². The molecule has 158 valence electrons. The Morgan fingerprint density at radius 1 is 0.935 bits per heavy atom. The lowest BCUT2D eigenvalue weighted by atomic mass is 10.0. The first-order valence-electron chi connectivity index (χ1n) is 8.97. The van der Waals surface area contributed by atoms with E-state index in [9.17, 15) is 18.0 Å². The number of nitrogens with one attached hydrogen (secondary N) is 2. The molecule has 0 unspecified atom stereocenters. The predicted molar refractivity (Wildman–Crippen MR) is 110 cm³/mol. The second-order valence-corrected chi connectivity index (χ2v) is 6.48. The zero-order valence-corrected chi connectivity index (χ0v) is 15.7. The van der Waals surface area contributed by atoms with Crippen LogP contribution in [0.3, 0.4) is 0 Å². The van der Waals surface area contributed by atoms with E-state index >= 15 is 0 Å². The Morgan fingerprint density at radius 2 is 1.55 bits per heavy atom. The average molecular weight is 428 g/mol. The number of urea groups is 1. The molecule has 4 N–H and O–H groups in total. The largest absolute Gasteiger partial charge is 0.573 e. The van der Waals surface area contributed by atoms with E-state index in [0.717, 1.165) is 23.3 Å². The van der Waals surface area contributed by atoms with E-state index in [1.165, 1.54) is 12.1 Å². The number of nitrogen functional groups attached to an aromatic ring is 1. The normalized spacial score (nSPS) is 11.3. The van der Waals surface area contributed by atoms with Crippen molar-refractivity contribution >= 4 is 34.2 Å². The van der Waals surface area contributed by atoms with Gasteiger partial charge in [-0.2, -0.15) is 0 Å². The van der Waals surface area contributed by atoms with Crippen LogP contribution in [0.2, 0.25) is 0 Å². The van der Waals surface area contributed by atoms with Crippen molar-refractivity contribution in [2.75, 3.05) is 16.4 Å². The molecule has 0 radical (unpaired) electrons. The zero-order valence-electron chi connectivity index (χ0n) is 15.7. The van der Waals surface area contributed by atoms with Gasteiger partial charge in [0, 0.05) is 11.4 Å². The van der Waals surface area contributed by atoms with Crippen molar-refractivity contribution in [1.82, 2.24) is 5.16 Å². The van der Waals surface area contributed by atoms with Gasteiger partial charge in [-0.15, -0.1) is 13.2 Å². The molecule has 31 heavy (non-hydrogen) atoms. The molecule has 4 rings (SSSR count). The minimum Gasteiger partial charge on any atom is -0.406 e. The average Bonchev–Trinajstić information content (AvgIpc) is 3.10. The van der Waals surface area contributed by atoms with Crippen LogP contribution in [-0.2, 0) is 0 Å². The third-order valence-corrected chi connectivity index (χ3v) is 4.32. The predicted octanol–water partition coefficient (Wildman–Crippen LogP) is 5.62. The molecular weight excluding hydrogens is 413 g/mol. The van der Waals surface area contributed by atoms with Crippen LogP contribution >= 0.6 is 0 Å². The van der Waals surface area contributed by atoms with Gasteiger partial charge >= 0.3 is 12.4 Å². The summed E-state index contributed by atoms with van der Waals surface area (Å²) in [5.41, 5.74) is 8.98. The number of anilines is 3. The molecule has 1 heterocycles. The fourth-order valence-corrected chi connectivity index (χ4v) is 3.02. The van der Waals surface area contributed by atoms with E-state index in [4.69, 9.17) is 10.3 Å². The molecule has 1 aromatic heterocycles. The number of halogens is 3. The summed E-state index contributed by atoms with van der Waals surface area (Å²) in [6.07, 6.45) is -4.77. The van der Waals surface area contributed by atoms with Gasteiger partial charge in [0.15, 0.2) is 11.4 Å². The van der Waals surface area contributed by atoms with Gasteiger partial charge in [0.2, 0.25) is 0 Å². The molecule has 0 aliphatic heterocycles. The maximum atomic E-state index is 12.2. The van der Waals surface area contributed by atoms with Gasteiger partial charge in [0.05, 0.1) is 5.39 Å². The van der Waals surface area contributed by atoms with E-state index in [-0.39, 0.29) is 5.75 Å². The maximum absolute atomic E-state index is 12.2. The standard InChI is InChI=1S/C21H15F3N4O3/c22-21(23,24)30-15-10-8-14(9-11-15)27-20(29)26-13-6-4-12(5-7-13)16-2-1-3-17-18(16)19(25)28-31-17/h1-11H,(H2,25,28)(H2,26,27,29). The van der Waals surface area contributed by atoms with Crippen molar-refractivity contribution in [3.05, 3.63) is 66.7 Å². The lowest BCUT2D eigenvalue weighted by Gasteiger charge is -2.11. The summed E-state index contributed by atoms with van der Waals surface area (Å²) >= 11 is 0. The van der Waals surface area contributed by atoms with Crippen molar-refractivity contribution in [2.24, 2.45) is 0 Å². The summed E-state index contributed by atoms with van der Waals surface area (Å²) in [6.45, 7) is 0. The number of rotatable bonds is 4. The fourth-order valence-electron chi connectivity index (χ4n) is 3.02. The van der Waals surface area contributed by atoms with Crippen molar-refractivity contribution in [3.63, 3.8) is 0 Å². The van der Waals surface area contributed by atoms with Crippen LogP contribution < -0.4 is 21.1 Å². The Bertz CT molecular complexity index is 1220. The first-order chi connectivity index (χ1) is 14.8. The van der Waals surface area contributed by atoms with Crippen molar-refractivity contribution in [2.45, 2.75) is 6.36 Å². The number of nitrogens with zero attached hydrogens (tertiary/aromatic N) is 1. The van der Waals surface area contributed by atoms with Gasteiger partial charge in [-0.3, -0.25) is 0 Å². The summed E-state index contributed by atoms with van der Waals surface area (Å²) < 4.78 is 45.5. The summed E-state index contributed by atoms with van der Waals surface area (Å²) in [7, 11) is 0. The molecule has 0 aliphatic carbocycles. The first kappa shape index (κ1) is 20.1. The van der Waals surface area contributed by atoms with E-state index < -0.39 is 12.4 Å². The molecule has 7 nitrogen and oxygen atoms in total. The zero-order chi connectivity index (χ0) is 22.0. The van der Waals surface area contributed by atoms with Gasteiger partial charge in [0.1, 0.15) is 5.75 Å². The Hall–Kier alpha value is -4.21. The second-order valence-electron chi connectivity index (χ2n) is 6.48. The topological polar surface area (TPSA) is 102 Å². The number of hydrogen-bond acceptors (Lipinski definition) is 5. The van der Waals surface area contributed by atoms with Crippen LogP contribution in [-0.4, -0.2) is 17.6 Å². The Morgan fingerprint density at radius 3 is 2.16 bits per heavy atom. The maximum Gasteiger partial charge on any atom is 0.573 e. The highest BCUT2D eigenvalue weighted by Crippen LogP contribution is 2.33. The lowest BCUT2D eigenvalue weighted by Crippen LogP contribution is -2.19. The first-order valence-corrected chi connectivity index (χ1v) is 8.97. The SMILES string of the molecule is Nc1noc2cccc(-c3ccc(NC(=O)Nc4ccc(OC(F)(F)F)cc4)cc3)c12. The summed E-state index contributed by atoms with van der Waals surface area (Å²) in [6, 6.07) is 16.8. The third kappa shape index (κ3) is 4.69. The van der Waals surface area contributed by atoms with Gasteiger partial charge in [0.25, 0.3) is 0 Å².